The highest BCUT2D eigenvalue weighted by Gasteiger charge is 2.34. The van der Waals surface area contributed by atoms with Crippen molar-refractivity contribution in [2.75, 3.05) is 0 Å². The van der Waals surface area contributed by atoms with Gasteiger partial charge in [-0.3, -0.25) is 0 Å². The third kappa shape index (κ3) is 5.22. The Morgan fingerprint density at radius 2 is 0.889 bits per heavy atom. The van der Waals surface area contributed by atoms with Crippen molar-refractivity contribution in [1.82, 2.24) is 9.13 Å². The van der Waals surface area contributed by atoms with Crippen LogP contribution in [0.3, 0.4) is 0 Å². The maximum absolute atomic E-state index is 6.81. The molecule has 0 saturated heterocycles. The van der Waals surface area contributed by atoms with Crippen LogP contribution in [0, 0.1) is 0 Å². The van der Waals surface area contributed by atoms with Crippen LogP contribution in [0.15, 0.2) is 220 Å². The number of benzene rings is 10. The summed E-state index contributed by atoms with van der Waals surface area (Å²) in [7, 11) is 0. The molecule has 0 saturated carbocycles. The van der Waals surface area contributed by atoms with Crippen LogP contribution >= 0.6 is 0 Å². The molecule has 6 heterocycles. The molecule has 336 valence electrons. The normalized spacial score (nSPS) is 14.4. The summed E-state index contributed by atoms with van der Waals surface area (Å²) in [5.41, 5.74) is 17.7. The lowest BCUT2D eigenvalue weighted by atomic mass is 9.90. The van der Waals surface area contributed by atoms with E-state index in [1.807, 2.05) is 0 Å². The quantitative estimate of drug-likeness (QED) is 0.176. The largest absolute Gasteiger partial charge is 0.460 e. The Morgan fingerprint density at radius 1 is 0.375 bits per heavy atom. The summed E-state index contributed by atoms with van der Waals surface area (Å²) >= 11 is 0. The number of nitrogens with zero attached hydrogens (tertiary/aromatic N) is 2. The molecule has 15 aromatic rings. The van der Waals surface area contributed by atoms with E-state index < -0.39 is 0 Å². The molecule has 0 N–H and O–H groups in total. The highest BCUT2D eigenvalue weighted by atomic mass is 16.5. The third-order valence-electron chi connectivity index (χ3n) is 15.7. The van der Waals surface area contributed by atoms with E-state index in [0.29, 0.717) is 0 Å². The molecule has 17 rings (SSSR count). The summed E-state index contributed by atoms with van der Waals surface area (Å²) in [5.74, 6) is 1.98. The van der Waals surface area contributed by atoms with Crippen LogP contribution in [0.5, 0.6) is 5.75 Å². The van der Waals surface area contributed by atoms with Gasteiger partial charge in [0, 0.05) is 60.0 Å². The van der Waals surface area contributed by atoms with Gasteiger partial charge >= 0.3 is 0 Å². The van der Waals surface area contributed by atoms with Crippen LogP contribution in [0.4, 0.5) is 0 Å². The van der Waals surface area contributed by atoms with Crippen LogP contribution in [0.2, 0.25) is 0 Å². The molecule has 2 aliphatic rings. The first kappa shape index (κ1) is 38.3. The Bertz CT molecular complexity index is 4890. The molecule has 0 spiro atoms. The maximum Gasteiger partial charge on any atom is 0.147 e. The number of para-hydroxylation sites is 4. The smallest absolute Gasteiger partial charge is 0.147 e. The van der Waals surface area contributed by atoms with Crippen LogP contribution in [0.1, 0.15) is 17.9 Å². The lowest BCUT2D eigenvalue weighted by molar-refractivity contribution is 0.501. The Labute approximate surface area is 409 Å². The first-order valence-electron chi connectivity index (χ1n) is 24.7. The second kappa shape index (κ2) is 14.1. The van der Waals surface area contributed by atoms with Gasteiger partial charge in [0.15, 0.2) is 0 Å². The summed E-state index contributed by atoms with van der Waals surface area (Å²) < 4.78 is 31.3. The Kier molecular flexibility index (Phi) is 7.49. The molecule has 0 amide bonds. The SMILES string of the molecule is C1=c2oc3ccc(-c4ccc(-c5ccc6oc7ccc8c9cc(-n%10c%11ccccc%11c%11ccccc%11%10)ccc9oc8c7c6c5)cc4)cc3c2=C2Oc3ccc(-n4c5ccccc5c5ccccc54)cc3C2C1. The zero-order chi connectivity index (χ0) is 46.8. The maximum atomic E-state index is 6.81. The second-order valence-electron chi connectivity index (χ2n) is 19.5. The fraction of sp³-hybridized carbons (Fsp3) is 0.0303. The molecule has 0 radical (unpaired) electrons. The first-order valence-corrected chi connectivity index (χ1v) is 24.7. The van der Waals surface area contributed by atoms with Crippen LogP contribution < -0.4 is 15.4 Å². The van der Waals surface area contributed by atoms with Crippen molar-refractivity contribution in [1.29, 1.82) is 0 Å². The van der Waals surface area contributed by atoms with E-state index in [1.165, 1.54) is 49.2 Å². The molecule has 1 atom stereocenters. The molecule has 1 aliphatic heterocycles. The molecule has 72 heavy (non-hydrogen) atoms. The van der Waals surface area contributed by atoms with E-state index in [9.17, 15) is 0 Å². The fourth-order valence-electron chi connectivity index (χ4n) is 12.4. The molecule has 1 unspecified atom stereocenters. The van der Waals surface area contributed by atoms with Crippen molar-refractivity contribution in [2.45, 2.75) is 12.3 Å². The van der Waals surface area contributed by atoms with E-state index in [1.54, 1.807) is 0 Å². The predicted octanol–water partition coefficient (Wildman–Crippen LogP) is 16.2. The van der Waals surface area contributed by atoms with E-state index in [4.69, 9.17) is 18.0 Å². The Morgan fingerprint density at radius 3 is 1.53 bits per heavy atom. The molecule has 5 aromatic heterocycles. The molecular weight excluding hydrogens is 885 g/mol. The molecule has 6 nitrogen and oxygen atoms in total. The van der Waals surface area contributed by atoms with Crippen molar-refractivity contribution in [3.63, 3.8) is 0 Å². The average molecular weight is 923 g/mol. The van der Waals surface area contributed by atoms with Crippen molar-refractivity contribution in [2.24, 2.45) is 0 Å². The standard InChI is InChI=1S/C66H38N2O4/c1-5-13-53-43(9-1)44-10-2-6-14-54(44)67(53)41-23-29-57-49(35-41)47-25-31-61-63(65(47)71-57)51-33-39(21-27-59(51)69-61)37-17-19-38(20-18-37)40-22-28-60-52(34-40)64-62(70-60)32-26-48-50-36-42(24-30-58(50)72-66(48)64)68-55-15-7-3-11-45(55)46-12-4-8-16-56(46)68/h1-25,27-36,48H,26H2. The second-order valence-corrected chi connectivity index (χ2v) is 19.5. The van der Waals surface area contributed by atoms with Gasteiger partial charge in [0.25, 0.3) is 0 Å². The number of ether oxygens (including phenoxy) is 1. The van der Waals surface area contributed by atoms with Crippen molar-refractivity contribution in [3.8, 4) is 39.4 Å². The number of aromatic nitrogens is 2. The summed E-state index contributed by atoms with van der Waals surface area (Å²) in [6.07, 6.45) is 3.06. The van der Waals surface area contributed by atoms with E-state index >= 15 is 0 Å². The van der Waals surface area contributed by atoms with Gasteiger partial charge in [-0.2, -0.15) is 0 Å². The third-order valence-corrected chi connectivity index (χ3v) is 15.7. The predicted molar refractivity (Wildman–Crippen MR) is 292 cm³/mol. The molecular formula is C66H38N2O4. The van der Waals surface area contributed by atoms with E-state index in [0.717, 1.165) is 117 Å². The molecule has 10 aromatic carbocycles. The minimum absolute atomic E-state index is 0.0991. The van der Waals surface area contributed by atoms with Gasteiger partial charge in [-0.25, -0.2) is 0 Å². The monoisotopic (exact) mass is 922 g/mol. The molecule has 0 bridgehead atoms. The van der Waals surface area contributed by atoms with Gasteiger partial charge in [-0.05, 0) is 132 Å². The zero-order valence-electron chi connectivity index (χ0n) is 38.5. The van der Waals surface area contributed by atoms with E-state index in [-0.39, 0.29) is 5.92 Å². The fourth-order valence-corrected chi connectivity index (χ4v) is 12.4. The number of rotatable bonds is 4. The molecule has 1 aliphatic carbocycles. The van der Waals surface area contributed by atoms with Crippen molar-refractivity contribution < 1.29 is 18.0 Å². The number of hydrogen-bond donors (Lipinski definition) is 0. The Hall–Kier alpha value is -9.52. The summed E-state index contributed by atoms with van der Waals surface area (Å²) in [6.45, 7) is 0. The van der Waals surface area contributed by atoms with Crippen molar-refractivity contribution >= 4 is 110 Å². The van der Waals surface area contributed by atoms with Gasteiger partial charge < -0.3 is 27.1 Å². The zero-order valence-corrected chi connectivity index (χ0v) is 38.5. The summed E-state index contributed by atoms with van der Waals surface area (Å²) in [4.78, 5) is 0. The van der Waals surface area contributed by atoms with Crippen LogP contribution in [-0.4, -0.2) is 9.13 Å². The van der Waals surface area contributed by atoms with E-state index in [2.05, 4.69) is 221 Å². The minimum Gasteiger partial charge on any atom is -0.460 e. The van der Waals surface area contributed by atoms with Crippen molar-refractivity contribution in [3.05, 3.63) is 222 Å². The first-order chi connectivity index (χ1) is 35.7. The lowest BCUT2D eigenvalue weighted by Gasteiger charge is -2.13. The summed E-state index contributed by atoms with van der Waals surface area (Å²) in [6, 6.07) is 73.8. The summed E-state index contributed by atoms with van der Waals surface area (Å²) in [5, 5.41) is 11.3. The topological polar surface area (TPSA) is 58.5 Å². The van der Waals surface area contributed by atoms with Gasteiger partial charge in [0.2, 0.25) is 0 Å². The highest BCUT2D eigenvalue weighted by molar-refractivity contribution is 6.22. The lowest BCUT2D eigenvalue weighted by Crippen LogP contribution is -2.29. The van der Waals surface area contributed by atoms with Gasteiger partial charge in [0.05, 0.1) is 38.6 Å². The van der Waals surface area contributed by atoms with Crippen LogP contribution in [0.25, 0.3) is 144 Å². The van der Waals surface area contributed by atoms with Gasteiger partial charge in [0.1, 0.15) is 44.8 Å². The molecule has 0 fully saturated rings. The Balaban J connectivity index is 0.723. The number of hydrogen-bond acceptors (Lipinski definition) is 4. The number of furan rings is 3. The highest BCUT2D eigenvalue weighted by Crippen LogP contribution is 2.47. The molecule has 6 heteroatoms. The average Bonchev–Trinajstić information content (AvgIpc) is 4.29. The van der Waals surface area contributed by atoms with Gasteiger partial charge in [-0.15, -0.1) is 0 Å². The van der Waals surface area contributed by atoms with Gasteiger partial charge in [-0.1, -0.05) is 109 Å². The number of fused-ring (bicyclic) bond motifs is 19. The van der Waals surface area contributed by atoms with Crippen LogP contribution in [-0.2, 0) is 0 Å². The minimum atomic E-state index is 0.0991.